The molecule has 0 aliphatic carbocycles. The van der Waals surface area contributed by atoms with E-state index in [9.17, 15) is 5.11 Å². The van der Waals surface area contributed by atoms with Gasteiger partial charge in [0.2, 0.25) is 5.71 Å². The number of aliphatic hydroxyl groups excluding tert-OH is 1. The summed E-state index contributed by atoms with van der Waals surface area (Å²) in [5.74, 6) is 1.98. The van der Waals surface area contributed by atoms with E-state index in [2.05, 4.69) is 15.3 Å². The number of furan rings is 2. The highest BCUT2D eigenvalue weighted by molar-refractivity contribution is 5.89. The third kappa shape index (κ3) is 2.14. The second-order valence-corrected chi connectivity index (χ2v) is 4.60. The smallest absolute Gasteiger partial charge is 0.231 e. The lowest BCUT2D eigenvalue weighted by Gasteiger charge is -2.10. The van der Waals surface area contributed by atoms with Crippen LogP contribution in [0.5, 0.6) is 0 Å². The van der Waals surface area contributed by atoms with E-state index in [1.165, 1.54) is 12.6 Å². The van der Waals surface area contributed by atoms with E-state index in [0.717, 1.165) is 16.7 Å². The molecule has 3 aromatic heterocycles. The number of aliphatic hydroxyl groups is 1. The second-order valence-electron chi connectivity index (χ2n) is 4.60. The zero-order chi connectivity index (χ0) is 14.1. The Balaban J connectivity index is 1.84. The van der Waals surface area contributed by atoms with Gasteiger partial charge in [-0.25, -0.2) is 9.97 Å². The fraction of sp³-hybridized carbons (Fsp3) is 0.286. The second kappa shape index (κ2) is 4.97. The number of hydrogen-bond donors (Lipinski definition) is 2. The lowest BCUT2D eigenvalue weighted by molar-refractivity contribution is 0.162. The van der Waals surface area contributed by atoms with Crippen molar-refractivity contribution in [3.63, 3.8) is 0 Å². The molecule has 1 unspecified atom stereocenters. The van der Waals surface area contributed by atoms with E-state index in [4.69, 9.17) is 8.83 Å². The molecule has 6 heteroatoms. The van der Waals surface area contributed by atoms with Crippen molar-refractivity contribution in [1.29, 1.82) is 0 Å². The molecule has 0 amide bonds. The first-order chi connectivity index (χ1) is 9.66. The molecule has 6 nitrogen and oxygen atoms in total. The molecule has 0 bridgehead atoms. The molecule has 0 saturated carbocycles. The minimum atomic E-state index is -0.733. The highest BCUT2D eigenvalue weighted by Gasteiger charge is 2.15. The minimum absolute atomic E-state index is 0.295. The average molecular weight is 273 g/mol. The summed E-state index contributed by atoms with van der Waals surface area (Å²) in [6, 6.07) is 3.47. The normalized spacial score (nSPS) is 12.8. The molecular formula is C14H15N3O3. The van der Waals surface area contributed by atoms with Crippen molar-refractivity contribution in [2.45, 2.75) is 20.0 Å². The molecule has 0 fully saturated rings. The molecule has 104 valence electrons. The summed E-state index contributed by atoms with van der Waals surface area (Å²) >= 11 is 0. The zero-order valence-electron chi connectivity index (χ0n) is 11.3. The van der Waals surface area contributed by atoms with Crippen molar-refractivity contribution < 1.29 is 13.9 Å². The SMILES string of the molecule is Cc1oc2ncnc(NCC(O)c3ccco3)c2c1C. The molecule has 0 saturated heterocycles. The van der Waals surface area contributed by atoms with Gasteiger partial charge in [-0.2, -0.15) is 0 Å². The topological polar surface area (TPSA) is 84.3 Å². The third-order valence-corrected chi connectivity index (χ3v) is 3.30. The molecule has 0 aliphatic heterocycles. The summed E-state index contributed by atoms with van der Waals surface area (Å²) in [5, 5.41) is 13.9. The standard InChI is InChI=1S/C14H15N3O3/c1-8-9(2)20-14-12(8)13(16-7-17-14)15-6-10(18)11-4-3-5-19-11/h3-5,7,10,18H,6H2,1-2H3,(H,15,16,17). The van der Waals surface area contributed by atoms with Crippen molar-refractivity contribution in [3.8, 4) is 0 Å². The largest absolute Gasteiger partial charge is 0.467 e. The van der Waals surface area contributed by atoms with E-state index in [0.29, 0.717) is 23.8 Å². The van der Waals surface area contributed by atoms with Crippen molar-refractivity contribution in [1.82, 2.24) is 9.97 Å². The maximum Gasteiger partial charge on any atom is 0.231 e. The van der Waals surface area contributed by atoms with Crippen molar-refractivity contribution in [3.05, 3.63) is 41.8 Å². The lowest BCUT2D eigenvalue weighted by atomic mass is 10.2. The first-order valence-corrected chi connectivity index (χ1v) is 6.33. The average Bonchev–Trinajstić information content (AvgIpc) is 3.06. The quantitative estimate of drug-likeness (QED) is 0.760. The Bertz CT molecular complexity index is 719. The Kier molecular flexibility index (Phi) is 3.15. The monoisotopic (exact) mass is 273 g/mol. The molecule has 3 rings (SSSR count). The molecule has 3 heterocycles. The molecule has 0 aliphatic rings. The van der Waals surface area contributed by atoms with E-state index in [-0.39, 0.29) is 0 Å². The number of hydrogen-bond acceptors (Lipinski definition) is 6. The molecule has 20 heavy (non-hydrogen) atoms. The van der Waals surface area contributed by atoms with E-state index < -0.39 is 6.10 Å². The summed E-state index contributed by atoms with van der Waals surface area (Å²) in [4.78, 5) is 8.31. The summed E-state index contributed by atoms with van der Waals surface area (Å²) < 4.78 is 10.7. The fourth-order valence-electron chi connectivity index (χ4n) is 2.09. The Hall–Kier alpha value is -2.34. The van der Waals surface area contributed by atoms with Gasteiger partial charge < -0.3 is 19.3 Å². The van der Waals surface area contributed by atoms with Crippen LogP contribution in [0.1, 0.15) is 23.2 Å². The lowest BCUT2D eigenvalue weighted by Crippen LogP contribution is -2.12. The first kappa shape index (κ1) is 12.7. The molecule has 1 atom stereocenters. The number of aryl methyl sites for hydroxylation is 2. The summed E-state index contributed by atoms with van der Waals surface area (Å²) in [6.45, 7) is 4.14. The van der Waals surface area contributed by atoms with Crippen molar-refractivity contribution in [2.75, 3.05) is 11.9 Å². The van der Waals surface area contributed by atoms with Gasteiger partial charge in [0.05, 0.1) is 11.6 Å². The predicted octanol–water partition coefficient (Wildman–Crippen LogP) is 2.58. The summed E-state index contributed by atoms with van der Waals surface area (Å²) in [7, 11) is 0. The zero-order valence-corrected chi connectivity index (χ0v) is 11.3. The summed E-state index contributed by atoms with van der Waals surface area (Å²) in [6.07, 6.45) is 2.24. The predicted molar refractivity (Wildman–Crippen MR) is 73.4 cm³/mol. The van der Waals surface area contributed by atoms with Gasteiger partial charge in [0.25, 0.3) is 0 Å². The number of aromatic nitrogens is 2. The van der Waals surface area contributed by atoms with Crippen LogP contribution in [0.15, 0.2) is 33.6 Å². The summed E-state index contributed by atoms with van der Waals surface area (Å²) in [5.41, 5.74) is 1.54. The van der Waals surface area contributed by atoms with Crippen LogP contribution in [-0.2, 0) is 0 Å². The fourth-order valence-corrected chi connectivity index (χ4v) is 2.09. The van der Waals surface area contributed by atoms with Crippen LogP contribution in [0.3, 0.4) is 0 Å². The molecular weight excluding hydrogens is 258 g/mol. The van der Waals surface area contributed by atoms with Crippen LogP contribution in [0.4, 0.5) is 5.82 Å². The van der Waals surface area contributed by atoms with Crippen molar-refractivity contribution >= 4 is 16.9 Å². The number of rotatable bonds is 4. The minimum Gasteiger partial charge on any atom is -0.467 e. The Morgan fingerprint density at radius 3 is 2.95 bits per heavy atom. The van der Waals surface area contributed by atoms with Crippen LogP contribution >= 0.6 is 0 Å². The van der Waals surface area contributed by atoms with Crippen LogP contribution in [0.2, 0.25) is 0 Å². The highest BCUT2D eigenvalue weighted by Crippen LogP contribution is 2.28. The van der Waals surface area contributed by atoms with E-state index >= 15 is 0 Å². The molecule has 2 N–H and O–H groups in total. The Morgan fingerprint density at radius 2 is 2.20 bits per heavy atom. The number of fused-ring (bicyclic) bond motifs is 1. The van der Waals surface area contributed by atoms with Crippen LogP contribution in [-0.4, -0.2) is 21.6 Å². The van der Waals surface area contributed by atoms with Gasteiger partial charge in [0.1, 0.15) is 29.8 Å². The van der Waals surface area contributed by atoms with Gasteiger partial charge in [-0.15, -0.1) is 0 Å². The molecule has 0 radical (unpaired) electrons. The van der Waals surface area contributed by atoms with E-state index in [1.807, 2.05) is 13.8 Å². The van der Waals surface area contributed by atoms with Crippen LogP contribution < -0.4 is 5.32 Å². The van der Waals surface area contributed by atoms with Gasteiger partial charge in [-0.05, 0) is 26.0 Å². The number of anilines is 1. The maximum absolute atomic E-state index is 9.99. The van der Waals surface area contributed by atoms with Gasteiger partial charge >= 0.3 is 0 Å². The van der Waals surface area contributed by atoms with Crippen LogP contribution in [0.25, 0.3) is 11.1 Å². The van der Waals surface area contributed by atoms with Crippen molar-refractivity contribution in [2.24, 2.45) is 0 Å². The molecule has 3 aromatic rings. The Morgan fingerprint density at radius 1 is 1.35 bits per heavy atom. The molecule has 0 spiro atoms. The number of nitrogens with one attached hydrogen (secondary N) is 1. The van der Waals surface area contributed by atoms with Gasteiger partial charge in [-0.3, -0.25) is 0 Å². The van der Waals surface area contributed by atoms with Crippen LogP contribution in [0, 0.1) is 13.8 Å². The van der Waals surface area contributed by atoms with E-state index in [1.54, 1.807) is 12.1 Å². The van der Waals surface area contributed by atoms with Gasteiger partial charge in [0, 0.05) is 12.1 Å². The maximum atomic E-state index is 9.99. The Labute approximate surface area is 115 Å². The third-order valence-electron chi connectivity index (χ3n) is 3.30. The number of nitrogens with zero attached hydrogens (tertiary/aromatic N) is 2. The van der Waals surface area contributed by atoms with Gasteiger partial charge in [-0.1, -0.05) is 0 Å². The highest BCUT2D eigenvalue weighted by atomic mass is 16.4. The first-order valence-electron chi connectivity index (χ1n) is 6.33. The van der Waals surface area contributed by atoms with Gasteiger partial charge in [0.15, 0.2) is 0 Å². The molecule has 0 aromatic carbocycles.